The SMILES string of the molecule is COc1ccc(Cl)cc1S(=O)(=O)N1CCC[C@H](C(=O)NCCO)C1. The van der Waals surface area contributed by atoms with Gasteiger partial charge in [0.25, 0.3) is 0 Å². The van der Waals surface area contributed by atoms with Crippen molar-refractivity contribution >= 4 is 27.5 Å². The first-order chi connectivity index (χ1) is 11.4. The van der Waals surface area contributed by atoms with E-state index in [1.54, 1.807) is 6.07 Å². The first-order valence-corrected chi connectivity index (χ1v) is 9.44. The molecule has 2 N–H and O–H groups in total. The van der Waals surface area contributed by atoms with Gasteiger partial charge in [-0.25, -0.2) is 8.42 Å². The number of rotatable bonds is 6. The molecular formula is C15H21ClN2O5S. The van der Waals surface area contributed by atoms with Crippen molar-refractivity contribution < 1.29 is 23.1 Å². The minimum atomic E-state index is -3.82. The average molecular weight is 377 g/mol. The molecule has 1 aromatic carbocycles. The summed E-state index contributed by atoms with van der Waals surface area (Å²) in [4.78, 5) is 12.0. The number of aliphatic hydroxyl groups excluding tert-OH is 1. The Hall–Kier alpha value is -1.35. The lowest BCUT2D eigenvalue weighted by Gasteiger charge is -2.31. The van der Waals surface area contributed by atoms with Crippen LogP contribution in [0, 0.1) is 5.92 Å². The minimum absolute atomic E-state index is 0.00563. The number of carbonyl (C=O) groups is 1. The molecule has 0 saturated carbocycles. The number of halogens is 1. The van der Waals surface area contributed by atoms with Gasteiger partial charge in [-0.05, 0) is 31.0 Å². The van der Waals surface area contributed by atoms with Crippen molar-refractivity contribution in [2.45, 2.75) is 17.7 Å². The molecule has 1 saturated heterocycles. The molecule has 1 aromatic rings. The number of benzene rings is 1. The first kappa shape index (κ1) is 19.0. The number of nitrogens with one attached hydrogen (secondary N) is 1. The summed E-state index contributed by atoms with van der Waals surface area (Å²) in [5.74, 6) is -0.474. The molecule has 9 heteroatoms. The van der Waals surface area contributed by atoms with Gasteiger partial charge in [-0.3, -0.25) is 4.79 Å². The second-order valence-electron chi connectivity index (χ2n) is 5.51. The van der Waals surface area contributed by atoms with E-state index in [0.29, 0.717) is 24.4 Å². The van der Waals surface area contributed by atoms with E-state index in [1.807, 2.05) is 0 Å². The highest BCUT2D eigenvalue weighted by molar-refractivity contribution is 7.89. The Morgan fingerprint density at radius 1 is 1.50 bits per heavy atom. The molecule has 1 amide bonds. The lowest BCUT2D eigenvalue weighted by Crippen LogP contribution is -2.45. The molecule has 1 aliphatic heterocycles. The van der Waals surface area contributed by atoms with Gasteiger partial charge in [-0.15, -0.1) is 0 Å². The molecule has 0 aliphatic carbocycles. The fourth-order valence-corrected chi connectivity index (χ4v) is 4.63. The van der Waals surface area contributed by atoms with Crippen LogP contribution in [0.2, 0.25) is 5.02 Å². The van der Waals surface area contributed by atoms with Crippen molar-refractivity contribution in [2.24, 2.45) is 5.92 Å². The number of amides is 1. The van der Waals surface area contributed by atoms with Gasteiger partial charge in [0.05, 0.1) is 19.6 Å². The Morgan fingerprint density at radius 2 is 2.25 bits per heavy atom. The van der Waals surface area contributed by atoms with Crippen LogP contribution in [-0.4, -0.2) is 57.1 Å². The molecule has 7 nitrogen and oxygen atoms in total. The van der Waals surface area contributed by atoms with Gasteiger partial charge in [0.15, 0.2) is 0 Å². The second-order valence-corrected chi connectivity index (χ2v) is 7.85. The predicted octanol–water partition coefficient (Wildman–Crippen LogP) is 0.858. The number of sulfonamides is 1. The minimum Gasteiger partial charge on any atom is -0.495 e. The normalized spacial score (nSPS) is 19.0. The fourth-order valence-electron chi connectivity index (χ4n) is 2.69. The third kappa shape index (κ3) is 4.18. The summed E-state index contributed by atoms with van der Waals surface area (Å²) in [6, 6.07) is 4.41. The van der Waals surface area contributed by atoms with Crippen molar-refractivity contribution in [1.29, 1.82) is 0 Å². The standard InChI is InChI=1S/C15H21ClN2O5S/c1-23-13-5-4-12(16)9-14(13)24(21,22)18-7-2-3-11(10-18)15(20)17-6-8-19/h4-5,9,11,19H,2-3,6-8,10H2,1H3,(H,17,20)/t11-/m0/s1. The van der Waals surface area contributed by atoms with Crippen molar-refractivity contribution in [3.05, 3.63) is 23.2 Å². The topological polar surface area (TPSA) is 95.9 Å². The first-order valence-electron chi connectivity index (χ1n) is 7.62. The van der Waals surface area contributed by atoms with E-state index >= 15 is 0 Å². The van der Waals surface area contributed by atoms with Gasteiger partial charge in [0, 0.05) is 24.7 Å². The molecule has 1 atom stereocenters. The molecule has 1 fully saturated rings. The summed E-state index contributed by atoms with van der Waals surface area (Å²) in [6.07, 6.45) is 1.19. The number of nitrogens with zero attached hydrogens (tertiary/aromatic N) is 1. The summed E-state index contributed by atoms with van der Waals surface area (Å²) >= 11 is 5.93. The maximum atomic E-state index is 12.9. The van der Waals surface area contributed by atoms with Crippen LogP contribution >= 0.6 is 11.6 Å². The average Bonchev–Trinajstić information content (AvgIpc) is 2.59. The smallest absolute Gasteiger partial charge is 0.246 e. The zero-order chi connectivity index (χ0) is 17.7. The van der Waals surface area contributed by atoms with E-state index in [9.17, 15) is 13.2 Å². The number of methoxy groups -OCH3 is 1. The highest BCUT2D eigenvalue weighted by atomic mass is 35.5. The van der Waals surface area contributed by atoms with Crippen LogP contribution in [0.25, 0.3) is 0 Å². The van der Waals surface area contributed by atoms with Crippen molar-refractivity contribution in [1.82, 2.24) is 9.62 Å². The van der Waals surface area contributed by atoms with E-state index < -0.39 is 15.9 Å². The summed E-state index contributed by atoms with van der Waals surface area (Å²) in [6.45, 7) is 0.432. The van der Waals surface area contributed by atoms with Gasteiger partial charge < -0.3 is 15.2 Å². The summed E-state index contributed by atoms with van der Waals surface area (Å²) in [5.41, 5.74) is 0. The largest absolute Gasteiger partial charge is 0.495 e. The Labute approximate surface area is 146 Å². The van der Waals surface area contributed by atoms with Crippen LogP contribution in [0.1, 0.15) is 12.8 Å². The number of carbonyl (C=O) groups excluding carboxylic acids is 1. The lowest BCUT2D eigenvalue weighted by molar-refractivity contribution is -0.126. The lowest BCUT2D eigenvalue weighted by atomic mass is 9.99. The van der Waals surface area contributed by atoms with Crippen LogP contribution in [0.5, 0.6) is 5.75 Å². The Balaban J connectivity index is 2.23. The molecule has 134 valence electrons. The van der Waals surface area contributed by atoms with Gasteiger partial charge in [0.2, 0.25) is 15.9 Å². The number of hydrogen-bond acceptors (Lipinski definition) is 5. The highest BCUT2D eigenvalue weighted by Gasteiger charge is 2.34. The number of ether oxygens (including phenoxy) is 1. The van der Waals surface area contributed by atoms with Crippen molar-refractivity contribution in [3.8, 4) is 5.75 Å². The highest BCUT2D eigenvalue weighted by Crippen LogP contribution is 2.31. The van der Waals surface area contributed by atoms with E-state index in [1.165, 1.54) is 23.5 Å². The van der Waals surface area contributed by atoms with Crippen LogP contribution in [-0.2, 0) is 14.8 Å². The Morgan fingerprint density at radius 3 is 2.92 bits per heavy atom. The molecule has 0 spiro atoms. The van der Waals surface area contributed by atoms with Crippen LogP contribution in [0.3, 0.4) is 0 Å². The molecule has 1 aliphatic rings. The molecule has 24 heavy (non-hydrogen) atoms. The Kier molecular flexibility index (Phi) is 6.45. The van der Waals surface area contributed by atoms with Crippen LogP contribution < -0.4 is 10.1 Å². The third-order valence-electron chi connectivity index (χ3n) is 3.91. The van der Waals surface area contributed by atoms with E-state index in [2.05, 4.69) is 5.32 Å². The van der Waals surface area contributed by atoms with Crippen LogP contribution in [0.15, 0.2) is 23.1 Å². The maximum absolute atomic E-state index is 12.9. The number of aliphatic hydroxyl groups is 1. The van der Waals surface area contributed by atoms with Gasteiger partial charge >= 0.3 is 0 Å². The van der Waals surface area contributed by atoms with Crippen LogP contribution in [0.4, 0.5) is 0 Å². The zero-order valence-electron chi connectivity index (χ0n) is 13.4. The van der Waals surface area contributed by atoms with Gasteiger partial charge in [0.1, 0.15) is 10.6 Å². The Bertz CT molecular complexity index is 695. The van der Waals surface area contributed by atoms with Crippen molar-refractivity contribution in [3.63, 3.8) is 0 Å². The molecular weight excluding hydrogens is 356 g/mol. The number of piperidine rings is 1. The molecule has 1 heterocycles. The molecule has 2 rings (SSSR count). The molecule has 0 radical (unpaired) electrons. The van der Waals surface area contributed by atoms with Crippen molar-refractivity contribution in [2.75, 3.05) is 33.4 Å². The van der Waals surface area contributed by atoms with E-state index in [0.717, 1.165) is 0 Å². The number of hydrogen-bond donors (Lipinski definition) is 2. The molecule has 0 bridgehead atoms. The summed E-state index contributed by atoms with van der Waals surface area (Å²) < 4.78 is 32.3. The van der Waals surface area contributed by atoms with E-state index in [-0.39, 0.29) is 36.2 Å². The second kappa shape index (κ2) is 8.15. The summed E-state index contributed by atoms with van der Waals surface area (Å²) in [7, 11) is -2.43. The zero-order valence-corrected chi connectivity index (χ0v) is 14.9. The quantitative estimate of drug-likeness (QED) is 0.767. The van der Waals surface area contributed by atoms with Gasteiger partial charge in [-0.2, -0.15) is 4.31 Å². The van der Waals surface area contributed by atoms with E-state index in [4.69, 9.17) is 21.4 Å². The third-order valence-corrected chi connectivity index (χ3v) is 6.03. The summed E-state index contributed by atoms with van der Waals surface area (Å²) in [5, 5.41) is 11.7. The predicted molar refractivity (Wildman–Crippen MR) is 89.6 cm³/mol. The molecule has 0 unspecified atom stereocenters. The molecule has 0 aromatic heterocycles. The fraction of sp³-hybridized carbons (Fsp3) is 0.533. The maximum Gasteiger partial charge on any atom is 0.246 e. The van der Waals surface area contributed by atoms with Gasteiger partial charge in [-0.1, -0.05) is 11.6 Å². The monoisotopic (exact) mass is 376 g/mol.